The average molecular weight is 322 g/mol. The molecular formula is C17H21ClFN3. The lowest BCUT2D eigenvalue weighted by Gasteiger charge is -2.23. The van der Waals surface area contributed by atoms with Crippen LogP contribution in [-0.4, -0.2) is 36.1 Å². The Kier molecular flexibility index (Phi) is 4.35. The van der Waals surface area contributed by atoms with Gasteiger partial charge in [0.05, 0.1) is 5.52 Å². The molecule has 1 atom stereocenters. The number of hydrogen-bond donors (Lipinski definition) is 1. The summed E-state index contributed by atoms with van der Waals surface area (Å²) in [6.07, 6.45) is 4.31. The lowest BCUT2D eigenvalue weighted by Crippen LogP contribution is -2.29. The first-order chi connectivity index (χ1) is 10.2. The number of nitrogens with one attached hydrogen (secondary N) is 1. The summed E-state index contributed by atoms with van der Waals surface area (Å²) >= 11 is 0. The second-order valence-corrected chi connectivity index (χ2v) is 6.53. The second-order valence-electron chi connectivity index (χ2n) is 6.53. The predicted molar refractivity (Wildman–Crippen MR) is 88.8 cm³/mol. The zero-order valence-corrected chi connectivity index (χ0v) is 13.3. The van der Waals surface area contributed by atoms with E-state index in [1.54, 1.807) is 18.3 Å². The maximum atomic E-state index is 13.8. The number of fused-ring (bicyclic) bond motifs is 1. The predicted octanol–water partition coefficient (Wildman–Crippen LogP) is 2.98. The fraction of sp³-hybridized carbons (Fsp3) is 0.471. The Morgan fingerprint density at radius 2 is 2.23 bits per heavy atom. The highest BCUT2D eigenvalue weighted by molar-refractivity contribution is 5.85. The van der Waals surface area contributed by atoms with E-state index in [-0.39, 0.29) is 18.2 Å². The van der Waals surface area contributed by atoms with Crippen LogP contribution >= 0.6 is 12.4 Å². The lowest BCUT2D eigenvalue weighted by molar-refractivity contribution is 0.269. The molecule has 1 aromatic heterocycles. The average Bonchev–Trinajstić information content (AvgIpc) is 3.09. The molecule has 5 heteroatoms. The van der Waals surface area contributed by atoms with Crippen molar-refractivity contribution in [2.45, 2.75) is 19.4 Å². The van der Waals surface area contributed by atoms with E-state index >= 15 is 0 Å². The van der Waals surface area contributed by atoms with Crippen LogP contribution in [0.5, 0.6) is 0 Å². The molecule has 1 N–H and O–H groups in total. The molecule has 118 valence electrons. The molecule has 2 aromatic rings. The van der Waals surface area contributed by atoms with Gasteiger partial charge in [-0.05, 0) is 55.1 Å². The lowest BCUT2D eigenvalue weighted by atomic mass is 9.86. The third-order valence-corrected chi connectivity index (χ3v) is 4.99. The highest BCUT2D eigenvalue weighted by atomic mass is 35.5. The van der Waals surface area contributed by atoms with Crippen LogP contribution in [0.1, 0.15) is 18.4 Å². The van der Waals surface area contributed by atoms with Gasteiger partial charge in [0.15, 0.2) is 0 Å². The topological polar surface area (TPSA) is 28.2 Å². The Morgan fingerprint density at radius 1 is 1.32 bits per heavy atom. The van der Waals surface area contributed by atoms with Crippen LogP contribution in [0.4, 0.5) is 4.39 Å². The van der Waals surface area contributed by atoms with Crippen molar-refractivity contribution in [1.82, 2.24) is 15.2 Å². The highest BCUT2D eigenvalue weighted by Crippen LogP contribution is 2.37. The molecule has 1 spiro atoms. The van der Waals surface area contributed by atoms with E-state index in [0.29, 0.717) is 5.41 Å². The van der Waals surface area contributed by atoms with Gasteiger partial charge in [-0.25, -0.2) is 4.39 Å². The summed E-state index contributed by atoms with van der Waals surface area (Å²) < 4.78 is 13.8. The monoisotopic (exact) mass is 321 g/mol. The van der Waals surface area contributed by atoms with Crippen molar-refractivity contribution < 1.29 is 4.39 Å². The van der Waals surface area contributed by atoms with Crippen molar-refractivity contribution in [3.63, 3.8) is 0 Å². The third-order valence-electron chi connectivity index (χ3n) is 4.99. The SMILES string of the molecule is Cl.Fc1cc(CN2CCC3(CCNC3)C2)c2ncccc2c1. The number of benzene rings is 1. The van der Waals surface area contributed by atoms with E-state index in [4.69, 9.17) is 0 Å². The molecule has 0 amide bonds. The minimum Gasteiger partial charge on any atom is -0.316 e. The molecule has 3 heterocycles. The standard InChI is InChI=1S/C17H20FN3.ClH/c18-15-8-13-2-1-5-20-16(13)14(9-15)10-21-7-4-17(12-21)3-6-19-11-17;/h1-2,5,8-9,19H,3-4,6-7,10-12H2;1H. The molecule has 2 saturated heterocycles. The Morgan fingerprint density at radius 3 is 3.05 bits per heavy atom. The molecule has 22 heavy (non-hydrogen) atoms. The summed E-state index contributed by atoms with van der Waals surface area (Å²) in [4.78, 5) is 6.90. The van der Waals surface area contributed by atoms with Gasteiger partial charge < -0.3 is 5.32 Å². The molecule has 4 rings (SSSR count). The van der Waals surface area contributed by atoms with Gasteiger partial charge in [0, 0.05) is 31.2 Å². The van der Waals surface area contributed by atoms with Crippen LogP contribution in [0, 0.1) is 11.2 Å². The fourth-order valence-electron chi connectivity index (χ4n) is 3.90. The Bertz CT molecular complexity index is 670. The summed E-state index contributed by atoms with van der Waals surface area (Å²) in [5, 5.41) is 4.37. The molecule has 2 fully saturated rings. The van der Waals surface area contributed by atoms with Gasteiger partial charge in [0.25, 0.3) is 0 Å². The highest BCUT2D eigenvalue weighted by Gasteiger charge is 2.40. The van der Waals surface area contributed by atoms with Crippen molar-refractivity contribution in [1.29, 1.82) is 0 Å². The number of aromatic nitrogens is 1. The fourth-order valence-corrected chi connectivity index (χ4v) is 3.90. The molecule has 2 aliphatic heterocycles. The van der Waals surface area contributed by atoms with Gasteiger partial charge in [0.1, 0.15) is 5.82 Å². The maximum Gasteiger partial charge on any atom is 0.124 e. The summed E-state index contributed by atoms with van der Waals surface area (Å²) in [5.74, 6) is -0.165. The van der Waals surface area contributed by atoms with Crippen molar-refractivity contribution in [3.05, 3.63) is 41.8 Å². The minimum atomic E-state index is -0.165. The largest absolute Gasteiger partial charge is 0.316 e. The zero-order chi connectivity index (χ0) is 14.3. The number of likely N-dealkylation sites (tertiary alicyclic amines) is 1. The summed E-state index contributed by atoms with van der Waals surface area (Å²) in [6, 6.07) is 7.01. The van der Waals surface area contributed by atoms with E-state index in [2.05, 4.69) is 15.2 Å². The van der Waals surface area contributed by atoms with Crippen LogP contribution in [-0.2, 0) is 6.54 Å². The molecule has 1 aromatic carbocycles. The van der Waals surface area contributed by atoms with Gasteiger partial charge in [-0.2, -0.15) is 0 Å². The number of hydrogen-bond acceptors (Lipinski definition) is 3. The second kappa shape index (κ2) is 6.11. The molecule has 1 unspecified atom stereocenters. The van der Waals surface area contributed by atoms with E-state index in [9.17, 15) is 4.39 Å². The molecule has 3 nitrogen and oxygen atoms in total. The first-order valence-corrected chi connectivity index (χ1v) is 7.70. The Balaban J connectivity index is 0.00000144. The quantitative estimate of drug-likeness (QED) is 0.921. The van der Waals surface area contributed by atoms with Crippen molar-refractivity contribution >= 4 is 23.3 Å². The Hall–Kier alpha value is -1.23. The van der Waals surface area contributed by atoms with Crippen LogP contribution in [0.2, 0.25) is 0 Å². The minimum absolute atomic E-state index is 0. The first-order valence-electron chi connectivity index (χ1n) is 7.70. The number of halogens is 2. The van der Waals surface area contributed by atoms with E-state index < -0.39 is 0 Å². The number of pyridine rings is 1. The van der Waals surface area contributed by atoms with Crippen molar-refractivity contribution in [2.24, 2.45) is 5.41 Å². The Labute approximate surface area is 136 Å². The third kappa shape index (κ3) is 2.83. The van der Waals surface area contributed by atoms with Crippen LogP contribution in [0.3, 0.4) is 0 Å². The molecule has 0 aliphatic carbocycles. The molecule has 2 aliphatic rings. The molecule has 0 bridgehead atoms. The van der Waals surface area contributed by atoms with Crippen molar-refractivity contribution in [3.8, 4) is 0 Å². The normalized spacial score (nSPS) is 25.0. The number of nitrogens with zero attached hydrogens (tertiary/aromatic N) is 2. The smallest absolute Gasteiger partial charge is 0.124 e. The molecule has 0 saturated carbocycles. The number of rotatable bonds is 2. The summed E-state index contributed by atoms with van der Waals surface area (Å²) in [6.45, 7) is 5.29. The zero-order valence-electron chi connectivity index (χ0n) is 12.5. The molecular weight excluding hydrogens is 301 g/mol. The van der Waals surface area contributed by atoms with Crippen LogP contribution < -0.4 is 5.32 Å². The van der Waals surface area contributed by atoms with Gasteiger partial charge in [-0.1, -0.05) is 6.07 Å². The maximum absolute atomic E-state index is 13.8. The van der Waals surface area contributed by atoms with E-state index in [1.165, 1.54) is 12.8 Å². The summed E-state index contributed by atoms with van der Waals surface area (Å²) in [7, 11) is 0. The van der Waals surface area contributed by atoms with Gasteiger partial charge in [-0.3, -0.25) is 9.88 Å². The van der Waals surface area contributed by atoms with Crippen molar-refractivity contribution in [2.75, 3.05) is 26.2 Å². The first kappa shape index (κ1) is 15.7. The van der Waals surface area contributed by atoms with E-state index in [1.807, 2.05) is 12.1 Å². The van der Waals surface area contributed by atoms with Crippen LogP contribution in [0.15, 0.2) is 30.5 Å². The molecule has 0 radical (unpaired) electrons. The van der Waals surface area contributed by atoms with E-state index in [0.717, 1.165) is 49.2 Å². The van der Waals surface area contributed by atoms with Gasteiger partial charge in [-0.15, -0.1) is 12.4 Å². The van der Waals surface area contributed by atoms with Gasteiger partial charge in [0.2, 0.25) is 0 Å². The van der Waals surface area contributed by atoms with Gasteiger partial charge >= 0.3 is 0 Å². The van der Waals surface area contributed by atoms with Crippen LogP contribution in [0.25, 0.3) is 10.9 Å². The summed E-state index contributed by atoms with van der Waals surface area (Å²) in [5.41, 5.74) is 2.40.